The molecule has 0 fully saturated rings. The van der Waals surface area contributed by atoms with Crippen molar-refractivity contribution in [2.75, 3.05) is 7.05 Å². The Hall–Kier alpha value is -4.28. The zero-order valence-electron chi connectivity index (χ0n) is 18.8. The quantitative estimate of drug-likeness (QED) is 0.274. The Morgan fingerprint density at radius 2 is 1.94 bits per heavy atom. The summed E-state index contributed by atoms with van der Waals surface area (Å²) in [6.45, 7) is 7.47. The number of hydrogen-bond donors (Lipinski definition) is 2. The number of nitriles is 1. The number of benzene rings is 3. The average Bonchev–Trinajstić information content (AvgIpc) is 2.83. The third-order valence-electron chi connectivity index (χ3n) is 5.87. The van der Waals surface area contributed by atoms with E-state index in [4.69, 9.17) is 5.73 Å². The van der Waals surface area contributed by atoms with E-state index in [2.05, 4.69) is 28.1 Å². The highest BCUT2D eigenvalue weighted by Gasteiger charge is 2.19. The number of hydrazone groups is 1. The molecule has 3 aromatic carbocycles. The van der Waals surface area contributed by atoms with E-state index in [1.54, 1.807) is 18.1 Å². The van der Waals surface area contributed by atoms with Gasteiger partial charge in [0.05, 0.1) is 22.3 Å². The second-order valence-electron chi connectivity index (χ2n) is 7.95. The average molecular weight is 437 g/mol. The van der Waals surface area contributed by atoms with Crippen LogP contribution in [0.5, 0.6) is 0 Å². The number of rotatable bonds is 5. The third kappa shape index (κ3) is 3.77. The van der Waals surface area contributed by atoms with E-state index in [0.29, 0.717) is 22.0 Å². The fourth-order valence-corrected chi connectivity index (χ4v) is 4.18. The molecule has 1 aromatic heterocycles. The third-order valence-corrected chi connectivity index (χ3v) is 5.87. The van der Waals surface area contributed by atoms with Crippen LogP contribution in [0, 0.1) is 11.3 Å². The standard InChI is InChI=1S/C26H24N6O/c1-15(18-10-12-21-22(13-18)24(16(2)28)30-31-26(21)33)25(32(4)29-3)20-11-9-17-7-5-6-8-19(17)23(20)14-27/h5-13,16H,3,28H2,1-2,4H3,(H,31,33)/b25-15+/t16-/m1/s1. The van der Waals surface area contributed by atoms with Crippen molar-refractivity contribution in [1.29, 1.82) is 5.26 Å². The van der Waals surface area contributed by atoms with E-state index in [1.165, 1.54) is 0 Å². The van der Waals surface area contributed by atoms with Crippen molar-refractivity contribution in [3.05, 3.63) is 87.3 Å². The Balaban J connectivity index is 2.04. The lowest BCUT2D eigenvalue weighted by Gasteiger charge is -2.22. The Morgan fingerprint density at radius 1 is 1.18 bits per heavy atom. The summed E-state index contributed by atoms with van der Waals surface area (Å²) in [5.74, 6) is 0. The van der Waals surface area contributed by atoms with Crippen LogP contribution in [0.25, 0.3) is 32.8 Å². The minimum absolute atomic E-state index is 0.269. The van der Waals surface area contributed by atoms with Crippen molar-refractivity contribution < 1.29 is 0 Å². The van der Waals surface area contributed by atoms with Gasteiger partial charge in [0.25, 0.3) is 5.56 Å². The summed E-state index contributed by atoms with van der Waals surface area (Å²) in [7, 11) is 1.79. The first kappa shape index (κ1) is 21.9. The summed E-state index contributed by atoms with van der Waals surface area (Å²) in [6, 6.07) is 19.3. The van der Waals surface area contributed by atoms with Crippen molar-refractivity contribution in [3.63, 3.8) is 0 Å². The molecule has 1 heterocycles. The van der Waals surface area contributed by atoms with Crippen LogP contribution in [0.15, 0.2) is 64.5 Å². The van der Waals surface area contributed by atoms with Crippen molar-refractivity contribution in [1.82, 2.24) is 15.2 Å². The molecule has 1 atom stereocenters. The lowest BCUT2D eigenvalue weighted by atomic mass is 9.93. The monoisotopic (exact) mass is 436 g/mol. The Kier molecular flexibility index (Phi) is 5.78. The van der Waals surface area contributed by atoms with Crippen LogP contribution < -0.4 is 11.3 Å². The molecule has 7 nitrogen and oxygen atoms in total. The molecular weight excluding hydrogens is 412 g/mol. The van der Waals surface area contributed by atoms with Crippen LogP contribution in [-0.4, -0.2) is 29.0 Å². The van der Waals surface area contributed by atoms with E-state index in [1.807, 2.05) is 62.4 Å². The molecule has 0 amide bonds. The number of aromatic nitrogens is 2. The number of H-pyrrole nitrogens is 1. The number of nitrogens with one attached hydrogen (secondary N) is 1. The number of aromatic amines is 1. The van der Waals surface area contributed by atoms with Gasteiger partial charge in [0.15, 0.2) is 0 Å². The van der Waals surface area contributed by atoms with Crippen LogP contribution in [0.3, 0.4) is 0 Å². The maximum absolute atomic E-state index is 12.3. The Morgan fingerprint density at radius 3 is 2.64 bits per heavy atom. The van der Waals surface area contributed by atoms with Crippen molar-refractivity contribution >= 4 is 39.5 Å². The van der Waals surface area contributed by atoms with Crippen LogP contribution in [0.4, 0.5) is 0 Å². The number of allylic oxidation sites excluding steroid dienone is 1. The summed E-state index contributed by atoms with van der Waals surface area (Å²) in [5, 5.41) is 25.6. The van der Waals surface area contributed by atoms with E-state index in [0.717, 1.165) is 33.2 Å². The van der Waals surface area contributed by atoms with Crippen LogP contribution in [0.1, 0.15) is 42.3 Å². The van der Waals surface area contributed by atoms with Crippen LogP contribution in [-0.2, 0) is 0 Å². The van der Waals surface area contributed by atoms with Crippen molar-refractivity contribution in [2.24, 2.45) is 10.8 Å². The molecule has 0 aliphatic rings. The highest BCUT2D eigenvalue weighted by molar-refractivity contribution is 5.99. The minimum atomic E-state index is -0.355. The van der Waals surface area contributed by atoms with Gasteiger partial charge in [-0.15, -0.1) is 0 Å². The van der Waals surface area contributed by atoms with Gasteiger partial charge in [-0.1, -0.05) is 42.5 Å². The molecule has 0 spiro atoms. The van der Waals surface area contributed by atoms with E-state index in [-0.39, 0.29) is 11.6 Å². The molecular formula is C26H24N6O. The van der Waals surface area contributed by atoms with Crippen LogP contribution >= 0.6 is 0 Å². The molecule has 164 valence electrons. The van der Waals surface area contributed by atoms with Gasteiger partial charge in [0, 0.05) is 36.1 Å². The molecule has 3 N–H and O–H groups in total. The molecule has 0 saturated heterocycles. The Bertz CT molecular complexity index is 1520. The highest BCUT2D eigenvalue weighted by atomic mass is 16.1. The summed E-state index contributed by atoms with van der Waals surface area (Å²) in [4.78, 5) is 12.3. The van der Waals surface area contributed by atoms with Gasteiger partial charge in [-0.05, 0) is 42.5 Å². The topological polar surface area (TPSA) is 111 Å². The van der Waals surface area contributed by atoms with E-state index in [9.17, 15) is 10.1 Å². The molecule has 4 rings (SSSR count). The molecule has 0 aliphatic carbocycles. The molecule has 4 aromatic rings. The second kappa shape index (κ2) is 8.69. The summed E-state index contributed by atoms with van der Waals surface area (Å²) in [5.41, 5.74) is 10.2. The number of fused-ring (bicyclic) bond motifs is 2. The van der Waals surface area contributed by atoms with Crippen molar-refractivity contribution in [3.8, 4) is 6.07 Å². The minimum Gasteiger partial charge on any atom is -0.323 e. The molecule has 0 unspecified atom stereocenters. The molecule has 0 saturated carbocycles. The molecule has 0 aliphatic heterocycles. The fraction of sp³-hybridized carbons (Fsp3) is 0.154. The van der Waals surface area contributed by atoms with Gasteiger partial charge in [-0.3, -0.25) is 9.80 Å². The Labute approximate surface area is 191 Å². The molecule has 0 radical (unpaired) electrons. The summed E-state index contributed by atoms with van der Waals surface area (Å²) >= 11 is 0. The van der Waals surface area contributed by atoms with Gasteiger partial charge in [0.1, 0.15) is 6.07 Å². The number of hydrogen-bond acceptors (Lipinski definition) is 6. The maximum Gasteiger partial charge on any atom is 0.272 e. The first-order chi connectivity index (χ1) is 15.9. The van der Waals surface area contributed by atoms with Gasteiger partial charge >= 0.3 is 0 Å². The normalized spacial score (nSPS) is 12.8. The zero-order valence-corrected chi connectivity index (χ0v) is 18.8. The lowest BCUT2D eigenvalue weighted by molar-refractivity contribution is 0.522. The highest BCUT2D eigenvalue weighted by Crippen LogP contribution is 2.34. The van der Waals surface area contributed by atoms with Gasteiger partial charge in [-0.2, -0.15) is 15.5 Å². The van der Waals surface area contributed by atoms with Crippen LogP contribution in [0.2, 0.25) is 0 Å². The summed E-state index contributed by atoms with van der Waals surface area (Å²) < 4.78 is 0. The first-order valence-electron chi connectivity index (χ1n) is 10.5. The smallest absolute Gasteiger partial charge is 0.272 e. The summed E-state index contributed by atoms with van der Waals surface area (Å²) in [6.07, 6.45) is 0. The largest absolute Gasteiger partial charge is 0.323 e. The van der Waals surface area contributed by atoms with Gasteiger partial charge < -0.3 is 5.73 Å². The zero-order chi connectivity index (χ0) is 23.7. The SMILES string of the molecule is C=NN(C)/C(=C(\C)c1ccc2c(=O)[nH]nc([C@@H](C)N)c2c1)c1ccc2ccccc2c1C#N. The lowest BCUT2D eigenvalue weighted by Crippen LogP contribution is -2.16. The number of nitrogens with zero attached hydrogens (tertiary/aromatic N) is 4. The maximum atomic E-state index is 12.3. The fourth-order valence-electron chi connectivity index (χ4n) is 4.18. The van der Waals surface area contributed by atoms with E-state index >= 15 is 0 Å². The predicted octanol–water partition coefficient (Wildman–Crippen LogP) is 4.40. The molecule has 33 heavy (non-hydrogen) atoms. The molecule has 7 heteroatoms. The molecule has 0 bridgehead atoms. The first-order valence-corrected chi connectivity index (χ1v) is 10.5. The second-order valence-corrected chi connectivity index (χ2v) is 7.95. The van der Waals surface area contributed by atoms with E-state index < -0.39 is 0 Å². The van der Waals surface area contributed by atoms with Crippen molar-refractivity contribution in [2.45, 2.75) is 19.9 Å². The van der Waals surface area contributed by atoms with Gasteiger partial charge in [0.2, 0.25) is 0 Å². The predicted molar refractivity (Wildman–Crippen MR) is 133 cm³/mol. The van der Waals surface area contributed by atoms with Gasteiger partial charge in [-0.25, -0.2) is 5.10 Å². The number of nitrogens with two attached hydrogens (primary N) is 1.